The number of ether oxygens (including phenoxy) is 4. The molecule has 0 bridgehead atoms. The highest BCUT2D eigenvalue weighted by atomic mass is 16.7. The summed E-state index contributed by atoms with van der Waals surface area (Å²) in [5.74, 6) is 4.84. The van der Waals surface area contributed by atoms with E-state index in [1.54, 1.807) is 13.8 Å². The summed E-state index contributed by atoms with van der Waals surface area (Å²) in [6.07, 6.45) is 24.9. The largest absolute Gasteiger partial charge is 0.393 e. The van der Waals surface area contributed by atoms with Crippen molar-refractivity contribution in [2.75, 3.05) is 26.4 Å². The molecule has 2 aliphatic heterocycles. The molecule has 2 heterocycles. The van der Waals surface area contributed by atoms with E-state index < -0.39 is 11.6 Å². The smallest absolute Gasteiger partial charge is 0.172 e. The van der Waals surface area contributed by atoms with Crippen molar-refractivity contribution >= 4 is 34.7 Å². The van der Waals surface area contributed by atoms with E-state index in [0.717, 1.165) is 103 Å². The molecular weight excluding hydrogens is 981 g/mol. The van der Waals surface area contributed by atoms with Gasteiger partial charge in [-0.15, -0.1) is 0 Å². The van der Waals surface area contributed by atoms with Crippen molar-refractivity contribution in [3.05, 3.63) is 34.9 Å². The summed E-state index contributed by atoms with van der Waals surface area (Å²) in [7, 11) is 0. The number of carbonyl (C=O) groups is 6. The standard InChI is InChI=1S/C25H36O5.C21H30O3.C21H28O3/c1-22-8-9-25(29-12-13-30-25)14-16(22)4-5-17-18-6-7-20(24(3)27-10-11-28-24)23(18,2)15-19(26)21(17)22;2*1-12(22)16-6-7-17-15-5-4-13-10-14(23)8-9-20(13,2)19(15)18(24)11-21(16,17)3/h4,17-18,20-21H,5-15H2,1-3H3;10,15-19,24H,4-9,11H2,1-3H3;10,15-17,19H,4-9,11H2,1-3H3/t17?,18?,20-,21?,22-,23-;15?,16-,17?,18-,19?,20+,21-;15?,16-,17?,19?,20+,21-/m011/s1. The van der Waals surface area contributed by atoms with Crippen molar-refractivity contribution in [1.29, 1.82) is 0 Å². The summed E-state index contributed by atoms with van der Waals surface area (Å²) >= 11 is 0. The first-order valence-corrected chi connectivity index (χ1v) is 31.3. The highest BCUT2D eigenvalue weighted by Crippen LogP contribution is 2.70. The van der Waals surface area contributed by atoms with Crippen LogP contribution in [0.2, 0.25) is 0 Å². The van der Waals surface area contributed by atoms with Gasteiger partial charge in [-0.1, -0.05) is 64.3 Å². The fourth-order valence-corrected chi connectivity index (χ4v) is 23.2. The lowest BCUT2D eigenvalue weighted by molar-refractivity contribution is -0.215. The Hall–Kier alpha value is -2.96. The van der Waals surface area contributed by atoms with Crippen LogP contribution in [0.15, 0.2) is 34.9 Å². The molecule has 9 unspecified atom stereocenters. The van der Waals surface area contributed by atoms with Crippen LogP contribution in [0.25, 0.3) is 0 Å². The number of carbonyl (C=O) groups excluding carboxylic acids is 6. The van der Waals surface area contributed by atoms with Crippen molar-refractivity contribution in [1.82, 2.24) is 0 Å². The summed E-state index contributed by atoms with van der Waals surface area (Å²) in [5, 5.41) is 11.2. The van der Waals surface area contributed by atoms with Gasteiger partial charge >= 0.3 is 0 Å². The number of hydrogen-bond acceptors (Lipinski definition) is 11. The normalized spacial score (nSPS) is 49.0. The van der Waals surface area contributed by atoms with Gasteiger partial charge in [-0.2, -0.15) is 0 Å². The van der Waals surface area contributed by atoms with Crippen LogP contribution in [-0.2, 0) is 47.7 Å². The van der Waals surface area contributed by atoms with Gasteiger partial charge in [-0.3, -0.25) is 28.8 Å². The zero-order chi connectivity index (χ0) is 55.3. The van der Waals surface area contributed by atoms with Gasteiger partial charge in [0, 0.05) is 68.1 Å². The van der Waals surface area contributed by atoms with Crippen molar-refractivity contribution in [2.45, 2.75) is 215 Å². The maximum absolute atomic E-state index is 13.8. The predicted octanol–water partition coefficient (Wildman–Crippen LogP) is 11.8. The first-order chi connectivity index (χ1) is 36.8. The molecule has 12 aliphatic carbocycles. The highest BCUT2D eigenvalue weighted by molar-refractivity contribution is 5.93. The van der Waals surface area contributed by atoms with Crippen molar-refractivity contribution < 1.29 is 52.8 Å². The van der Waals surface area contributed by atoms with Gasteiger partial charge in [0.2, 0.25) is 0 Å². The van der Waals surface area contributed by atoms with Gasteiger partial charge < -0.3 is 24.1 Å². The molecule has 0 aromatic carbocycles. The van der Waals surface area contributed by atoms with Crippen molar-refractivity contribution in [3.63, 3.8) is 0 Å². The second kappa shape index (κ2) is 19.3. The van der Waals surface area contributed by atoms with Gasteiger partial charge in [0.1, 0.15) is 23.1 Å². The van der Waals surface area contributed by atoms with E-state index in [0.29, 0.717) is 111 Å². The molecule has 0 amide bonds. The minimum absolute atomic E-state index is 0.0212. The van der Waals surface area contributed by atoms with Crippen LogP contribution in [0.3, 0.4) is 0 Å². The minimum atomic E-state index is -0.523. The summed E-state index contributed by atoms with van der Waals surface area (Å²) in [5.41, 5.74) is 3.55. The maximum atomic E-state index is 13.8. The Morgan fingerprint density at radius 1 is 0.513 bits per heavy atom. The van der Waals surface area contributed by atoms with Gasteiger partial charge in [0.15, 0.2) is 23.1 Å². The number of ketones is 6. The number of fused-ring (bicyclic) bond motifs is 15. The highest BCUT2D eigenvalue weighted by Gasteiger charge is 2.68. The predicted molar refractivity (Wildman–Crippen MR) is 294 cm³/mol. The third-order valence-electron chi connectivity index (χ3n) is 26.6. The summed E-state index contributed by atoms with van der Waals surface area (Å²) in [6.45, 7) is 21.9. The van der Waals surface area contributed by atoms with Crippen LogP contribution in [0.4, 0.5) is 0 Å². The SMILES string of the molecule is CC(=O)[C@H]1CCC2C3CCC4=CC(=O)CC[C@]4(C)C3C(=O)C[C@@]21C.CC(=O)[C@H]1CCC2C3CCC4=CC(=O)CC[C@]4(C)C3[C@H](O)C[C@@]21C.CC1([C@H]2CCC3C4CC=C5CC6(CC[C@]5(C)C4C(=O)C[C@@]32C)OCCO6)OCCO1. The molecule has 19 atom stereocenters. The first kappa shape index (κ1) is 55.6. The Labute approximate surface area is 465 Å². The second-order valence-electron chi connectivity index (χ2n) is 30.0. The lowest BCUT2D eigenvalue weighted by atomic mass is 9.46. The van der Waals surface area contributed by atoms with E-state index in [-0.39, 0.29) is 85.5 Å². The molecule has 1 N–H and O–H groups in total. The Morgan fingerprint density at radius 2 is 1.01 bits per heavy atom. The Balaban J connectivity index is 0.000000118. The second-order valence-corrected chi connectivity index (χ2v) is 30.0. The Kier molecular flexibility index (Phi) is 13.8. The van der Waals surface area contributed by atoms with E-state index >= 15 is 0 Å². The number of aliphatic hydroxyl groups is 1. The molecule has 0 radical (unpaired) electrons. The zero-order valence-corrected chi connectivity index (χ0v) is 48.9. The molecular formula is C67H94O11. The van der Waals surface area contributed by atoms with Crippen LogP contribution in [0.5, 0.6) is 0 Å². The van der Waals surface area contributed by atoms with E-state index in [9.17, 15) is 33.9 Å². The quantitative estimate of drug-likeness (QED) is 0.268. The third kappa shape index (κ3) is 8.27. The van der Waals surface area contributed by atoms with Crippen LogP contribution < -0.4 is 0 Å². The fraction of sp³-hybridized carbons (Fsp3) is 0.821. The van der Waals surface area contributed by atoms with Gasteiger partial charge in [-0.05, 0) is 203 Å². The number of hydrogen-bond donors (Lipinski definition) is 1. The summed E-state index contributed by atoms with van der Waals surface area (Å²) < 4.78 is 24.3. The molecule has 1 spiro atoms. The van der Waals surface area contributed by atoms with E-state index in [4.69, 9.17) is 18.9 Å². The van der Waals surface area contributed by atoms with Gasteiger partial charge in [-0.25, -0.2) is 0 Å². The van der Waals surface area contributed by atoms with Crippen LogP contribution in [0.1, 0.15) is 197 Å². The Bertz CT molecular complexity index is 2610. The number of rotatable bonds is 3. The van der Waals surface area contributed by atoms with E-state index in [1.165, 1.54) is 23.1 Å². The third-order valence-corrected chi connectivity index (χ3v) is 26.6. The lowest BCUT2D eigenvalue weighted by Gasteiger charge is -2.59. The molecule has 0 aromatic heterocycles. The van der Waals surface area contributed by atoms with Crippen LogP contribution in [-0.4, -0.2) is 83.9 Å². The Morgan fingerprint density at radius 3 is 1.64 bits per heavy atom. The topological polar surface area (TPSA) is 160 Å². The molecule has 78 heavy (non-hydrogen) atoms. The summed E-state index contributed by atoms with van der Waals surface area (Å²) in [4.78, 5) is 75.2. The van der Waals surface area contributed by atoms with Crippen molar-refractivity contribution in [2.24, 2.45) is 104 Å². The van der Waals surface area contributed by atoms with Gasteiger partial charge in [0.25, 0.3) is 0 Å². The molecule has 2 saturated heterocycles. The number of allylic oxidation sites excluding steroid dienone is 3. The molecule has 0 aromatic rings. The van der Waals surface area contributed by atoms with E-state index in [1.807, 2.05) is 12.2 Å². The monoisotopic (exact) mass is 1070 g/mol. The summed E-state index contributed by atoms with van der Waals surface area (Å²) in [6, 6.07) is 0. The van der Waals surface area contributed by atoms with E-state index in [2.05, 4.69) is 54.5 Å². The minimum Gasteiger partial charge on any atom is -0.393 e. The molecule has 11 nitrogen and oxygen atoms in total. The first-order valence-electron chi connectivity index (χ1n) is 31.3. The molecule has 428 valence electrons. The lowest BCUT2D eigenvalue weighted by Crippen LogP contribution is -2.57. The molecule has 11 fully saturated rings. The molecule has 14 aliphatic rings. The average Bonchev–Trinajstić information content (AvgIpc) is 3.81. The molecule has 14 rings (SSSR count). The zero-order valence-electron chi connectivity index (χ0n) is 48.9. The van der Waals surface area contributed by atoms with Gasteiger partial charge in [0.05, 0.1) is 32.5 Å². The fourth-order valence-electron chi connectivity index (χ4n) is 23.2. The van der Waals surface area contributed by atoms with Crippen LogP contribution >= 0.6 is 0 Å². The molecule has 11 heteroatoms. The van der Waals surface area contributed by atoms with Crippen molar-refractivity contribution in [3.8, 4) is 0 Å². The average molecular weight is 1080 g/mol. The molecule has 9 saturated carbocycles. The van der Waals surface area contributed by atoms with Crippen LogP contribution in [0, 0.1) is 104 Å². The maximum Gasteiger partial charge on any atom is 0.172 e. The number of Topliss-reactive ketones (excluding diaryl/α,β-unsaturated/α-hetero) is 4. The number of aliphatic hydroxyl groups excluding tert-OH is 1.